The molecule has 3 nitrogen and oxygen atoms in total. The maximum atomic E-state index is 3.38. The van der Waals surface area contributed by atoms with Crippen molar-refractivity contribution in [2.24, 2.45) is 0 Å². The Labute approximate surface area is 94.6 Å². The minimum Gasteiger partial charge on any atom is -0.315 e. The van der Waals surface area contributed by atoms with Gasteiger partial charge >= 0.3 is 0 Å². The van der Waals surface area contributed by atoms with Crippen LogP contribution in [0.4, 0.5) is 0 Å². The van der Waals surface area contributed by atoms with Gasteiger partial charge in [0.25, 0.3) is 0 Å². The molecule has 0 spiro atoms. The molecule has 15 heavy (non-hydrogen) atoms. The summed E-state index contributed by atoms with van der Waals surface area (Å²) in [7, 11) is 2.17. The Morgan fingerprint density at radius 3 is 2.47 bits per heavy atom. The van der Waals surface area contributed by atoms with Gasteiger partial charge in [-0.3, -0.25) is 0 Å². The largest absolute Gasteiger partial charge is 0.315 e. The zero-order valence-electron chi connectivity index (χ0n) is 10.4. The maximum absolute atomic E-state index is 3.38. The predicted molar refractivity (Wildman–Crippen MR) is 66.3 cm³/mol. The van der Waals surface area contributed by atoms with Gasteiger partial charge in [0.05, 0.1) is 0 Å². The van der Waals surface area contributed by atoms with E-state index in [2.05, 4.69) is 29.5 Å². The third-order valence-electron chi connectivity index (χ3n) is 3.12. The fourth-order valence-corrected chi connectivity index (χ4v) is 2.01. The molecule has 0 saturated carbocycles. The number of likely N-dealkylation sites (N-methyl/N-ethyl adjacent to an activating group) is 1. The first-order chi connectivity index (χ1) is 7.29. The monoisotopic (exact) mass is 213 g/mol. The molecule has 2 saturated heterocycles. The fourth-order valence-electron chi connectivity index (χ4n) is 2.01. The molecule has 3 heteroatoms. The lowest BCUT2D eigenvalue weighted by molar-refractivity contribution is 0.358. The molecule has 0 amide bonds. The number of rotatable bonds is 0. The molecule has 2 aliphatic heterocycles. The van der Waals surface area contributed by atoms with Crippen molar-refractivity contribution in [1.29, 1.82) is 0 Å². The summed E-state index contributed by atoms with van der Waals surface area (Å²) in [6, 6.07) is 0.786. The van der Waals surface area contributed by atoms with Gasteiger partial charge in [-0.25, -0.2) is 0 Å². The summed E-state index contributed by atoms with van der Waals surface area (Å²) in [6.45, 7) is 8.31. The Hall–Kier alpha value is -0.120. The number of nitrogens with zero attached hydrogens (tertiary/aromatic N) is 1. The molecule has 0 aromatic heterocycles. The van der Waals surface area contributed by atoms with Crippen molar-refractivity contribution in [3.8, 4) is 0 Å². The van der Waals surface area contributed by atoms with Crippen molar-refractivity contribution in [2.45, 2.75) is 38.6 Å². The molecular formula is C12H27N3. The molecule has 0 aromatic carbocycles. The molecule has 1 unspecified atom stereocenters. The van der Waals surface area contributed by atoms with Crippen LogP contribution >= 0.6 is 0 Å². The smallest absolute Gasteiger partial charge is 0.0104 e. The summed E-state index contributed by atoms with van der Waals surface area (Å²) in [5, 5.41) is 6.72. The van der Waals surface area contributed by atoms with Crippen LogP contribution < -0.4 is 10.6 Å². The summed E-state index contributed by atoms with van der Waals surface area (Å²) in [4.78, 5) is 2.36. The third kappa shape index (κ3) is 6.88. The zero-order chi connectivity index (χ0) is 10.9. The average Bonchev–Trinajstić information content (AvgIpc) is 2.48. The minimum absolute atomic E-state index is 0.786. The lowest BCUT2D eigenvalue weighted by Gasteiger charge is -2.18. The van der Waals surface area contributed by atoms with E-state index in [9.17, 15) is 0 Å². The van der Waals surface area contributed by atoms with Gasteiger partial charge in [0.1, 0.15) is 0 Å². The summed E-state index contributed by atoms with van der Waals surface area (Å²) in [5.41, 5.74) is 0. The van der Waals surface area contributed by atoms with Gasteiger partial charge in [0.15, 0.2) is 0 Å². The van der Waals surface area contributed by atoms with Crippen LogP contribution in [0.2, 0.25) is 0 Å². The molecular weight excluding hydrogens is 186 g/mol. The first kappa shape index (κ1) is 12.9. The van der Waals surface area contributed by atoms with Crippen LogP contribution in [0.5, 0.6) is 0 Å². The number of piperidine rings is 1. The molecule has 2 fully saturated rings. The van der Waals surface area contributed by atoms with Gasteiger partial charge in [-0.15, -0.1) is 0 Å². The SMILES string of the molecule is CC1CCCCN1.CN1CCCNCC1. The van der Waals surface area contributed by atoms with Gasteiger partial charge in [0.2, 0.25) is 0 Å². The standard InChI is InChI=1S/C6H14N2.C6H13N/c1-8-5-2-3-7-4-6-8;1-6-4-2-3-5-7-6/h7H,2-6H2,1H3;6-7H,2-5H2,1H3. The van der Waals surface area contributed by atoms with E-state index in [4.69, 9.17) is 0 Å². The highest BCUT2D eigenvalue weighted by Crippen LogP contribution is 2.04. The number of hydrogen-bond donors (Lipinski definition) is 2. The van der Waals surface area contributed by atoms with Crippen molar-refractivity contribution in [3.05, 3.63) is 0 Å². The van der Waals surface area contributed by atoms with Crippen molar-refractivity contribution < 1.29 is 0 Å². The number of nitrogens with one attached hydrogen (secondary N) is 2. The van der Waals surface area contributed by atoms with E-state index in [0.29, 0.717) is 0 Å². The maximum Gasteiger partial charge on any atom is 0.0104 e. The second-order valence-electron chi connectivity index (χ2n) is 4.76. The van der Waals surface area contributed by atoms with Gasteiger partial charge in [-0.05, 0) is 52.9 Å². The van der Waals surface area contributed by atoms with Crippen LogP contribution in [0.15, 0.2) is 0 Å². The summed E-state index contributed by atoms with van der Waals surface area (Å²) in [5.74, 6) is 0. The van der Waals surface area contributed by atoms with E-state index in [1.807, 2.05) is 0 Å². The van der Waals surface area contributed by atoms with Crippen molar-refractivity contribution in [3.63, 3.8) is 0 Å². The summed E-state index contributed by atoms with van der Waals surface area (Å²) in [6.07, 6.45) is 5.48. The molecule has 0 radical (unpaired) electrons. The lowest BCUT2D eigenvalue weighted by atomic mass is 10.1. The van der Waals surface area contributed by atoms with Crippen LogP contribution in [0.25, 0.3) is 0 Å². The van der Waals surface area contributed by atoms with Crippen molar-refractivity contribution in [1.82, 2.24) is 15.5 Å². The molecule has 2 N–H and O–H groups in total. The average molecular weight is 213 g/mol. The van der Waals surface area contributed by atoms with Gasteiger partial charge < -0.3 is 15.5 Å². The third-order valence-corrected chi connectivity index (χ3v) is 3.12. The van der Waals surface area contributed by atoms with E-state index in [1.54, 1.807) is 0 Å². The van der Waals surface area contributed by atoms with Crippen molar-refractivity contribution in [2.75, 3.05) is 39.8 Å². The molecule has 0 aromatic rings. The van der Waals surface area contributed by atoms with Crippen LogP contribution in [0.3, 0.4) is 0 Å². The second-order valence-corrected chi connectivity index (χ2v) is 4.76. The molecule has 0 bridgehead atoms. The van der Waals surface area contributed by atoms with Crippen LogP contribution in [-0.2, 0) is 0 Å². The van der Waals surface area contributed by atoms with Crippen LogP contribution in [0.1, 0.15) is 32.6 Å². The topological polar surface area (TPSA) is 27.3 Å². The number of hydrogen-bond acceptors (Lipinski definition) is 3. The van der Waals surface area contributed by atoms with E-state index in [1.165, 1.54) is 51.9 Å². The molecule has 0 aliphatic carbocycles. The summed E-state index contributed by atoms with van der Waals surface area (Å²) >= 11 is 0. The van der Waals surface area contributed by atoms with E-state index >= 15 is 0 Å². The van der Waals surface area contributed by atoms with E-state index in [-0.39, 0.29) is 0 Å². The molecule has 2 rings (SSSR count). The van der Waals surface area contributed by atoms with Crippen LogP contribution in [-0.4, -0.2) is 50.7 Å². The van der Waals surface area contributed by atoms with Crippen molar-refractivity contribution >= 4 is 0 Å². The highest BCUT2D eigenvalue weighted by atomic mass is 15.1. The lowest BCUT2D eigenvalue weighted by Crippen LogP contribution is -2.30. The van der Waals surface area contributed by atoms with Gasteiger partial charge in [-0.1, -0.05) is 6.42 Å². The molecule has 2 heterocycles. The highest BCUT2D eigenvalue weighted by molar-refractivity contribution is 4.65. The first-order valence-corrected chi connectivity index (χ1v) is 6.41. The first-order valence-electron chi connectivity index (χ1n) is 6.41. The van der Waals surface area contributed by atoms with Gasteiger partial charge in [0, 0.05) is 19.1 Å². The zero-order valence-corrected chi connectivity index (χ0v) is 10.4. The fraction of sp³-hybridized carbons (Fsp3) is 1.00. The molecule has 2 aliphatic rings. The highest BCUT2D eigenvalue weighted by Gasteiger charge is 2.04. The Morgan fingerprint density at radius 1 is 1.00 bits per heavy atom. The van der Waals surface area contributed by atoms with E-state index in [0.717, 1.165) is 12.6 Å². The Kier molecular flexibility index (Phi) is 6.98. The second kappa shape index (κ2) is 8.08. The van der Waals surface area contributed by atoms with E-state index < -0.39 is 0 Å². The van der Waals surface area contributed by atoms with Gasteiger partial charge in [-0.2, -0.15) is 0 Å². The molecule has 1 atom stereocenters. The minimum atomic E-state index is 0.786. The quantitative estimate of drug-likeness (QED) is 0.630. The Bertz CT molecular complexity index is 136. The Balaban J connectivity index is 0.000000151. The molecule has 90 valence electrons. The summed E-state index contributed by atoms with van der Waals surface area (Å²) < 4.78 is 0. The van der Waals surface area contributed by atoms with Crippen LogP contribution in [0, 0.1) is 0 Å². The Morgan fingerprint density at radius 2 is 1.87 bits per heavy atom. The normalized spacial score (nSPS) is 28.8. The predicted octanol–water partition coefficient (Wildman–Crippen LogP) is 1.06.